The van der Waals surface area contributed by atoms with Gasteiger partial charge < -0.3 is 10.2 Å². The first-order valence-corrected chi connectivity index (χ1v) is 11.9. The van der Waals surface area contributed by atoms with Crippen LogP contribution in [0.4, 0.5) is 5.82 Å². The molecule has 0 aromatic carbocycles. The average Bonchev–Trinajstić information content (AvgIpc) is 3.33. The van der Waals surface area contributed by atoms with Gasteiger partial charge in [-0.25, -0.2) is 13.4 Å². The Labute approximate surface area is 177 Å². The molecule has 2 aromatic rings. The molecule has 2 aliphatic rings. The van der Waals surface area contributed by atoms with E-state index in [1.165, 1.54) is 23.3 Å². The van der Waals surface area contributed by atoms with Gasteiger partial charge in [-0.3, -0.25) is 9.78 Å². The molecule has 0 aliphatic carbocycles. The van der Waals surface area contributed by atoms with Gasteiger partial charge in [-0.2, -0.15) is 4.31 Å². The van der Waals surface area contributed by atoms with Crippen LogP contribution in [0.25, 0.3) is 0 Å². The van der Waals surface area contributed by atoms with Crippen LogP contribution in [0.2, 0.25) is 0 Å². The summed E-state index contributed by atoms with van der Waals surface area (Å²) in [5.41, 5.74) is 0.961. The van der Waals surface area contributed by atoms with Gasteiger partial charge in [0.2, 0.25) is 15.9 Å². The molecule has 1 N–H and O–H groups in total. The van der Waals surface area contributed by atoms with Crippen LogP contribution >= 0.6 is 0 Å². The maximum absolute atomic E-state index is 12.7. The number of carbonyl (C=O) groups excluding carboxylic acids is 1. The number of hydrogen-bond acceptors (Lipinski definition) is 6. The molecule has 9 heteroatoms. The van der Waals surface area contributed by atoms with Gasteiger partial charge in [-0.15, -0.1) is 0 Å². The summed E-state index contributed by atoms with van der Waals surface area (Å²) in [6, 6.07) is 7.17. The van der Waals surface area contributed by atoms with Gasteiger partial charge in [0, 0.05) is 57.2 Å². The third kappa shape index (κ3) is 4.62. The SMILES string of the molecule is O=C(NCc1ccc(N2CCCC2)nc1)C1CCN(S(=O)(=O)c2cccnc2)CC1. The fraction of sp³-hybridized carbons (Fsp3) is 0.476. The average molecular weight is 430 g/mol. The van der Waals surface area contributed by atoms with Gasteiger partial charge >= 0.3 is 0 Å². The van der Waals surface area contributed by atoms with Crippen molar-refractivity contribution < 1.29 is 13.2 Å². The zero-order valence-corrected chi connectivity index (χ0v) is 17.7. The first kappa shape index (κ1) is 20.7. The molecule has 30 heavy (non-hydrogen) atoms. The molecule has 2 saturated heterocycles. The van der Waals surface area contributed by atoms with Crippen molar-refractivity contribution in [2.24, 2.45) is 5.92 Å². The van der Waals surface area contributed by atoms with E-state index in [0.29, 0.717) is 32.5 Å². The standard InChI is InChI=1S/C21H27N5O3S/c27-21(24-15-17-5-6-20(23-14-17)25-10-1-2-11-25)18-7-12-26(13-8-18)30(28,29)19-4-3-9-22-16-19/h3-6,9,14,16,18H,1-2,7-8,10-13,15H2,(H,24,27). The largest absolute Gasteiger partial charge is 0.357 e. The maximum atomic E-state index is 12.7. The van der Waals surface area contributed by atoms with Crippen molar-refractivity contribution in [3.05, 3.63) is 48.4 Å². The normalized spacial score (nSPS) is 18.5. The van der Waals surface area contributed by atoms with Crippen LogP contribution in [0.1, 0.15) is 31.2 Å². The third-order valence-electron chi connectivity index (χ3n) is 5.80. The lowest BCUT2D eigenvalue weighted by Gasteiger charge is -2.30. The van der Waals surface area contributed by atoms with E-state index in [9.17, 15) is 13.2 Å². The Balaban J connectivity index is 1.26. The molecule has 0 bridgehead atoms. The Morgan fingerprint density at radius 2 is 1.83 bits per heavy atom. The van der Waals surface area contributed by atoms with Crippen LogP contribution in [-0.4, -0.2) is 54.8 Å². The summed E-state index contributed by atoms with van der Waals surface area (Å²) < 4.78 is 26.8. The summed E-state index contributed by atoms with van der Waals surface area (Å²) in [4.78, 5) is 23.4. The minimum atomic E-state index is -3.55. The highest BCUT2D eigenvalue weighted by Gasteiger charge is 2.32. The van der Waals surface area contributed by atoms with E-state index in [-0.39, 0.29) is 16.7 Å². The number of pyridine rings is 2. The van der Waals surface area contributed by atoms with Crippen LogP contribution in [0.15, 0.2) is 47.8 Å². The maximum Gasteiger partial charge on any atom is 0.244 e. The monoisotopic (exact) mass is 429 g/mol. The molecule has 0 unspecified atom stereocenters. The lowest BCUT2D eigenvalue weighted by Crippen LogP contribution is -2.42. The Hall–Kier alpha value is -2.52. The third-order valence-corrected chi connectivity index (χ3v) is 7.69. The predicted molar refractivity (Wildman–Crippen MR) is 113 cm³/mol. The molecule has 4 heterocycles. The zero-order chi connectivity index (χ0) is 21.0. The quantitative estimate of drug-likeness (QED) is 0.752. The number of anilines is 1. The molecule has 2 aromatic heterocycles. The molecule has 1 amide bonds. The van der Waals surface area contributed by atoms with Gasteiger partial charge in [0.05, 0.1) is 0 Å². The molecule has 0 radical (unpaired) electrons. The Bertz CT molecular complexity index is 952. The van der Waals surface area contributed by atoms with Gasteiger partial charge in [-0.05, 0) is 49.4 Å². The Kier molecular flexibility index (Phi) is 6.29. The van der Waals surface area contributed by atoms with Crippen LogP contribution in [0.3, 0.4) is 0 Å². The molecule has 2 aliphatic heterocycles. The second-order valence-corrected chi connectivity index (χ2v) is 9.74. The topological polar surface area (TPSA) is 95.5 Å². The number of nitrogens with zero attached hydrogens (tertiary/aromatic N) is 4. The number of rotatable bonds is 6. The van der Waals surface area contributed by atoms with Gasteiger partial charge in [0.1, 0.15) is 10.7 Å². The summed E-state index contributed by atoms with van der Waals surface area (Å²) >= 11 is 0. The molecular formula is C21H27N5O3S. The van der Waals surface area contributed by atoms with E-state index in [0.717, 1.165) is 24.5 Å². The minimum absolute atomic E-state index is 0.0305. The van der Waals surface area contributed by atoms with Crippen LogP contribution in [-0.2, 0) is 21.4 Å². The molecule has 8 nitrogen and oxygen atoms in total. The van der Waals surface area contributed by atoms with Crippen LogP contribution in [0, 0.1) is 5.92 Å². The van der Waals surface area contributed by atoms with E-state index >= 15 is 0 Å². The highest BCUT2D eigenvalue weighted by Crippen LogP contribution is 2.24. The van der Waals surface area contributed by atoms with Crippen molar-refractivity contribution in [2.75, 3.05) is 31.1 Å². The smallest absolute Gasteiger partial charge is 0.244 e. The van der Waals surface area contributed by atoms with Crippen molar-refractivity contribution in [1.29, 1.82) is 0 Å². The summed E-state index contributed by atoms with van der Waals surface area (Å²) in [5, 5.41) is 2.97. The number of sulfonamides is 1. The minimum Gasteiger partial charge on any atom is -0.357 e. The number of hydrogen-bond donors (Lipinski definition) is 1. The number of piperidine rings is 1. The number of amides is 1. The summed E-state index contributed by atoms with van der Waals surface area (Å²) in [7, 11) is -3.55. The summed E-state index contributed by atoms with van der Waals surface area (Å²) in [5.74, 6) is 0.781. The van der Waals surface area contributed by atoms with Crippen LogP contribution < -0.4 is 10.2 Å². The molecule has 0 saturated carbocycles. The first-order chi connectivity index (χ1) is 14.5. The molecule has 0 spiro atoms. The fourth-order valence-electron chi connectivity index (χ4n) is 4.00. The van der Waals surface area contributed by atoms with Gasteiger partial charge in [-0.1, -0.05) is 6.07 Å². The van der Waals surface area contributed by atoms with E-state index in [2.05, 4.69) is 20.2 Å². The van der Waals surface area contributed by atoms with E-state index in [4.69, 9.17) is 0 Å². The second kappa shape index (κ2) is 9.09. The fourth-order valence-corrected chi connectivity index (χ4v) is 5.43. The van der Waals surface area contributed by atoms with Gasteiger partial charge in [0.25, 0.3) is 0 Å². The molecule has 4 rings (SSSR count). The number of carbonyl (C=O) groups is 1. The van der Waals surface area contributed by atoms with Crippen molar-refractivity contribution in [3.8, 4) is 0 Å². The summed E-state index contributed by atoms with van der Waals surface area (Å²) in [6.45, 7) is 3.21. The Morgan fingerprint density at radius 3 is 2.47 bits per heavy atom. The van der Waals surface area contributed by atoms with Crippen molar-refractivity contribution in [2.45, 2.75) is 37.1 Å². The van der Waals surface area contributed by atoms with Crippen molar-refractivity contribution in [3.63, 3.8) is 0 Å². The first-order valence-electron chi connectivity index (χ1n) is 10.4. The number of nitrogens with one attached hydrogen (secondary N) is 1. The van der Waals surface area contributed by atoms with E-state index in [1.54, 1.807) is 18.3 Å². The molecule has 2 fully saturated rings. The van der Waals surface area contributed by atoms with E-state index < -0.39 is 10.0 Å². The highest BCUT2D eigenvalue weighted by molar-refractivity contribution is 7.89. The van der Waals surface area contributed by atoms with Gasteiger partial charge in [0.15, 0.2) is 0 Å². The lowest BCUT2D eigenvalue weighted by atomic mass is 9.97. The van der Waals surface area contributed by atoms with Crippen molar-refractivity contribution >= 4 is 21.7 Å². The van der Waals surface area contributed by atoms with Crippen LogP contribution in [0.5, 0.6) is 0 Å². The number of aromatic nitrogens is 2. The predicted octanol–water partition coefficient (Wildman–Crippen LogP) is 1.79. The lowest BCUT2D eigenvalue weighted by molar-refractivity contribution is -0.126. The summed E-state index contributed by atoms with van der Waals surface area (Å²) in [6.07, 6.45) is 8.16. The molecule has 160 valence electrons. The van der Waals surface area contributed by atoms with Crippen molar-refractivity contribution in [1.82, 2.24) is 19.6 Å². The zero-order valence-electron chi connectivity index (χ0n) is 16.9. The second-order valence-electron chi connectivity index (χ2n) is 7.80. The van der Waals surface area contributed by atoms with E-state index in [1.807, 2.05) is 18.3 Å². The molecular weight excluding hydrogens is 402 g/mol. The Morgan fingerprint density at radius 1 is 1.07 bits per heavy atom. The highest BCUT2D eigenvalue weighted by atomic mass is 32.2. The molecule has 0 atom stereocenters.